The normalized spacial score (nSPS) is 33.8. The average molecular weight is 404 g/mol. The third-order valence-corrected chi connectivity index (χ3v) is 8.48. The monoisotopic (exact) mass is 403 g/mol. The predicted molar refractivity (Wildman–Crippen MR) is 121 cm³/mol. The minimum Gasteiger partial charge on any atom is -0.324 e. The van der Waals surface area contributed by atoms with Gasteiger partial charge in [-0.15, -0.1) is 0 Å². The van der Waals surface area contributed by atoms with Crippen LogP contribution in [0.2, 0.25) is 0 Å². The highest BCUT2D eigenvalue weighted by Gasteiger charge is 2.53. The number of benzene rings is 2. The molecule has 2 aromatic rings. The van der Waals surface area contributed by atoms with Crippen LogP contribution in [0.4, 0.5) is 5.69 Å². The molecule has 2 aromatic carbocycles. The summed E-state index contributed by atoms with van der Waals surface area (Å²) < 4.78 is 0. The Labute approximate surface area is 179 Å². The van der Waals surface area contributed by atoms with Crippen molar-refractivity contribution < 1.29 is 4.79 Å². The minimum atomic E-state index is 0.106. The molecule has 4 bridgehead atoms. The summed E-state index contributed by atoms with van der Waals surface area (Å²) in [6.45, 7) is 4.80. The van der Waals surface area contributed by atoms with Crippen molar-refractivity contribution >= 4 is 22.4 Å². The number of hydrogen-bond donors (Lipinski definition) is 1. The third kappa shape index (κ3) is 3.34. The SMILES string of the molecule is O=C(CN1CCN(C23CC4CC(CC(C4)C2)C3)CC1)Nc1cccc2ccccc12. The molecule has 0 unspecified atom stereocenters. The van der Waals surface area contributed by atoms with E-state index in [0.29, 0.717) is 12.1 Å². The second kappa shape index (κ2) is 7.35. The highest BCUT2D eigenvalue weighted by molar-refractivity contribution is 6.02. The van der Waals surface area contributed by atoms with Crippen molar-refractivity contribution in [1.82, 2.24) is 9.80 Å². The first-order valence-corrected chi connectivity index (χ1v) is 11.9. The van der Waals surface area contributed by atoms with Crippen molar-refractivity contribution in [3.63, 3.8) is 0 Å². The van der Waals surface area contributed by atoms with Gasteiger partial charge >= 0.3 is 0 Å². The lowest BCUT2D eigenvalue weighted by molar-refractivity contribution is -0.120. The van der Waals surface area contributed by atoms with E-state index in [1.54, 1.807) is 0 Å². The zero-order valence-corrected chi connectivity index (χ0v) is 17.9. The molecule has 5 fully saturated rings. The quantitative estimate of drug-likeness (QED) is 0.824. The smallest absolute Gasteiger partial charge is 0.238 e. The van der Waals surface area contributed by atoms with Crippen LogP contribution in [0.3, 0.4) is 0 Å². The van der Waals surface area contributed by atoms with E-state index in [2.05, 4.69) is 33.3 Å². The number of fused-ring (bicyclic) bond motifs is 1. The highest BCUT2D eigenvalue weighted by Crippen LogP contribution is 2.57. The zero-order chi connectivity index (χ0) is 20.1. The maximum Gasteiger partial charge on any atom is 0.238 e. The molecule has 4 heteroatoms. The second-order valence-corrected chi connectivity index (χ2v) is 10.5. The summed E-state index contributed by atoms with van der Waals surface area (Å²) in [5.74, 6) is 3.11. The largest absolute Gasteiger partial charge is 0.324 e. The van der Waals surface area contributed by atoms with Gasteiger partial charge in [-0.25, -0.2) is 0 Å². The Kier molecular flexibility index (Phi) is 4.61. The molecule has 0 atom stereocenters. The maximum atomic E-state index is 12.8. The van der Waals surface area contributed by atoms with Gasteiger partial charge in [0.15, 0.2) is 0 Å². The summed E-state index contributed by atoms with van der Waals surface area (Å²) in [4.78, 5) is 17.9. The van der Waals surface area contributed by atoms with Crippen LogP contribution in [-0.2, 0) is 4.79 Å². The Morgan fingerprint density at radius 2 is 1.50 bits per heavy atom. The van der Waals surface area contributed by atoms with Crippen LogP contribution in [0.25, 0.3) is 10.8 Å². The molecule has 4 nitrogen and oxygen atoms in total. The molecule has 5 aliphatic rings. The van der Waals surface area contributed by atoms with E-state index in [0.717, 1.165) is 55.0 Å². The van der Waals surface area contributed by atoms with Gasteiger partial charge in [0.25, 0.3) is 0 Å². The molecule has 7 rings (SSSR count). The summed E-state index contributed by atoms with van der Waals surface area (Å²) in [5.41, 5.74) is 1.43. The molecule has 4 saturated carbocycles. The van der Waals surface area contributed by atoms with Crippen LogP contribution in [-0.4, -0.2) is 54.0 Å². The van der Waals surface area contributed by atoms with Gasteiger partial charge in [-0.05, 0) is 67.7 Å². The molecule has 0 aromatic heterocycles. The van der Waals surface area contributed by atoms with Gasteiger partial charge in [-0.2, -0.15) is 0 Å². The topological polar surface area (TPSA) is 35.6 Å². The fourth-order valence-corrected chi connectivity index (χ4v) is 7.56. The Balaban J connectivity index is 1.07. The zero-order valence-electron chi connectivity index (χ0n) is 17.9. The number of nitrogens with one attached hydrogen (secondary N) is 1. The van der Waals surface area contributed by atoms with Gasteiger partial charge in [0.2, 0.25) is 5.91 Å². The number of carbonyl (C=O) groups is 1. The first-order valence-electron chi connectivity index (χ1n) is 11.9. The number of hydrogen-bond acceptors (Lipinski definition) is 3. The number of amides is 1. The number of carbonyl (C=O) groups excluding carboxylic acids is 1. The number of piperazine rings is 1. The molecule has 0 spiro atoms. The van der Waals surface area contributed by atoms with Gasteiger partial charge in [-0.3, -0.25) is 14.6 Å². The molecule has 1 saturated heterocycles. The van der Waals surface area contributed by atoms with Crippen molar-refractivity contribution in [3.05, 3.63) is 42.5 Å². The predicted octanol–water partition coefficient (Wildman–Crippen LogP) is 4.36. The van der Waals surface area contributed by atoms with Gasteiger partial charge in [0.1, 0.15) is 0 Å². The van der Waals surface area contributed by atoms with Crippen LogP contribution < -0.4 is 5.32 Å². The molecular formula is C26H33N3O. The molecule has 4 aliphatic carbocycles. The molecule has 1 heterocycles. The van der Waals surface area contributed by atoms with Crippen LogP contribution in [0.1, 0.15) is 38.5 Å². The van der Waals surface area contributed by atoms with Crippen molar-refractivity contribution in [1.29, 1.82) is 0 Å². The van der Waals surface area contributed by atoms with Crippen LogP contribution in [0.5, 0.6) is 0 Å². The summed E-state index contributed by atoms with van der Waals surface area (Å²) in [5, 5.41) is 5.44. The van der Waals surface area contributed by atoms with Gasteiger partial charge in [0, 0.05) is 42.8 Å². The molecule has 1 aliphatic heterocycles. The Morgan fingerprint density at radius 3 is 2.20 bits per heavy atom. The van der Waals surface area contributed by atoms with E-state index in [1.165, 1.54) is 43.9 Å². The van der Waals surface area contributed by atoms with Crippen LogP contribution >= 0.6 is 0 Å². The fraction of sp³-hybridized carbons (Fsp3) is 0.577. The van der Waals surface area contributed by atoms with E-state index in [4.69, 9.17) is 0 Å². The van der Waals surface area contributed by atoms with Crippen molar-refractivity contribution in [2.24, 2.45) is 17.8 Å². The van der Waals surface area contributed by atoms with E-state index in [-0.39, 0.29) is 5.91 Å². The van der Waals surface area contributed by atoms with E-state index in [1.807, 2.05) is 24.3 Å². The standard InChI is InChI=1S/C26H33N3O/c30-25(27-24-7-3-5-22-4-1-2-6-23(22)24)18-28-8-10-29(11-9-28)26-15-19-12-20(16-26)14-21(13-19)17-26/h1-7,19-21H,8-18H2,(H,27,30). The molecule has 1 N–H and O–H groups in total. The highest BCUT2D eigenvalue weighted by atomic mass is 16.2. The summed E-state index contributed by atoms with van der Waals surface area (Å²) in [6, 6.07) is 14.4. The van der Waals surface area contributed by atoms with Crippen molar-refractivity contribution in [3.8, 4) is 0 Å². The Bertz CT molecular complexity index is 906. The first-order chi connectivity index (χ1) is 14.7. The summed E-state index contributed by atoms with van der Waals surface area (Å²) in [6.07, 6.45) is 8.86. The third-order valence-electron chi connectivity index (χ3n) is 8.48. The van der Waals surface area contributed by atoms with Gasteiger partial charge < -0.3 is 5.32 Å². The van der Waals surface area contributed by atoms with Crippen LogP contribution in [0.15, 0.2) is 42.5 Å². The van der Waals surface area contributed by atoms with E-state index >= 15 is 0 Å². The minimum absolute atomic E-state index is 0.106. The second-order valence-electron chi connectivity index (χ2n) is 10.5. The lowest BCUT2D eigenvalue weighted by Gasteiger charge is -2.61. The van der Waals surface area contributed by atoms with E-state index in [9.17, 15) is 4.79 Å². The molecule has 0 radical (unpaired) electrons. The Morgan fingerprint density at radius 1 is 0.867 bits per heavy atom. The van der Waals surface area contributed by atoms with Gasteiger partial charge in [0.05, 0.1) is 6.54 Å². The lowest BCUT2D eigenvalue weighted by Crippen LogP contribution is -2.64. The molecule has 1 amide bonds. The fourth-order valence-electron chi connectivity index (χ4n) is 7.56. The maximum absolute atomic E-state index is 12.8. The first kappa shape index (κ1) is 18.8. The summed E-state index contributed by atoms with van der Waals surface area (Å²) in [7, 11) is 0. The average Bonchev–Trinajstić information content (AvgIpc) is 2.73. The number of anilines is 1. The summed E-state index contributed by atoms with van der Waals surface area (Å²) >= 11 is 0. The number of nitrogens with zero attached hydrogens (tertiary/aromatic N) is 2. The van der Waals surface area contributed by atoms with E-state index < -0.39 is 0 Å². The lowest BCUT2D eigenvalue weighted by atomic mass is 9.52. The van der Waals surface area contributed by atoms with Gasteiger partial charge in [-0.1, -0.05) is 36.4 Å². The molecule has 158 valence electrons. The molecule has 30 heavy (non-hydrogen) atoms. The molecular weight excluding hydrogens is 370 g/mol. The number of rotatable bonds is 4. The van der Waals surface area contributed by atoms with Crippen molar-refractivity contribution in [2.45, 2.75) is 44.1 Å². The van der Waals surface area contributed by atoms with Crippen LogP contribution in [0, 0.1) is 17.8 Å². The Hall–Kier alpha value is -1.91. The van der Waals surface area contributed by atoms with Crippen molar-refractivity contribution in [2.75, 3.05) is 38.0 Å².